The molecule has 0 radical (unpaired) electrons. The van der Waals surface area contributed by atoms with Crippen LogP contribution in [0.1, 0.15) is 37.7 Å². The number of hydrogen-bond acceptors (Lipinski definition) is 4. The maximum absolute atomic E-state index is 5.92. The van der Waals surface area contributed by atoms with Crippen molar-refractivity contribution in [3.05, 3.63) is 23.0 Å². The summed E-state index contributed by atoms with van der Waals surface area (Å²) >= 11 is 5.23. The first-order chi connectivity index (χ1) is 9.70. The van der Waals surface area contributed by atoms with Crippen LogP contribution in [-0.2, 0) is 0 Å². The summed E-state index contributed by atoms with van der Waals surface area (Å²) in [4.78, 5) is 9.84. The molecule has 1 aromatic rings. The SMILES string of the molecule is Cc1cc(N2CCN(C(C)(C)C)CC2)c(C(N)=S)c(C)n1. The molecule has 1 fully saturated rings. The Labute approximate surface area is 133 Å². The normalized spacial score (nSPS) is 17.1. The van der Waals surface area contributed by atoms with E-state index in [1.807, 2.05) is 13.8 Å². The van der Waals surface area contributed by atoms with Crippen LogP contribution in [0.15, 0.2) is 6.07 Å². The Balaban J connectivity index is 2.26. The number of anilines is 1. The molecule has 0 unspecified atom stereocenters. The molecule has 1 aromatic heterocycles. The number of rotatable bonds is 2. The summed E-state index contributed by atoms with van der Waals surface area (Å²) in [5, 5.41) is 0. The van der Waals surface area contributed by atoms with E-state index in [4.69, 9.17) is 18.0 Å². The Hall–Kier alpha value is -1.20. The minimum atomic E-state index is 0.224. The van der Waals surface area contributed by atoms with Gasteiger partial charge in [-0.1, -0.05) is 12.2 Å². The summed E-state index contributed by atoms with van der Waals surface area (Å²) in [5.41, 5.74) is 10.2. The van der Waals surface area contributed by atoms with E-state index < -0.39 is 0 Å². The molecule has 4 nitrogen and oxygen atoms in total. The molecular weight excluding hydrogens is 280 g/mol. The second kappa shape index (κ2) is 5.89. The van der Waals surface area contributed by atoms with E-state index >= 15 is 0 Å². The highest BCUT2D eigenvalue weighted by atomic mass is 32.1. The summed E-state index contributed by atoms with van der Waals surface area (Å²) in [5.74, 6) is 0. The summed E-state index contributed by atoms with van der Waals surface area (Å²) < 4.78 is 0. The second-order valence-corrected chi connectivity index (χ2v) is 7.19. The van der Waals surface area contributed by atoms with E-state index in [1.54, 1.807) is 0 Å². The third kappa shape index (κ3) is 3.52. The lowest BCUT2D eigenvalue weighted by molar-refractivity contribution is 0.128. The van der Waals surface area contributed by atoms with Crippen molar-refractivity contribution in [2.45, 2.75) is 40.2 Å². The summed E-state index contributed by atoms with van der Waals surface area (Å²) in [7, 11) is 0. The quantitative estimate of drug-likeness (QED) is 0.849. The number of nitrogens with two attached hydrogens (primary N) is 1. The van der Waals surface area contributed by atoms with Crippen molar-refractivity contribution in [1.82, 2.24) is 9.88 Å². The number of piperazine rings is 1. The third-order valence-corrected chi connectivity index (χ3v) is 4.33. The largest absolute Gasteiger partial charge is 0.389 e. The smallest absolute Gasteiger partial charge is 0.107 e. The van der Waals surface area contributed by atoms with Crippen LogP contribution in [0.5, 0.6) is 0 Å². The minimum absolute atomic E-state index is 0.224. The van der Waals surface area contributed by atoms with Crippen LogP contribution >= 0.6 is 12.2 Å². The number of aryl methyl sites for hydroxylation is 2. The second-order valence-electron chi connectivity index (χ2n) is 6.75. The molecule has 5 heteroatoms. The lowest BCUT2D eigenvalue weighted by Crippen LogP contribution is -2.53. The molecule has 0 aliphatic carbocycles. The predicted octanol–water partition coefficient (Wildman–Crippen LogP) is 2.25. The van der Waals surface area contributed by atoms with E-state index in [0.29, 0.717) is 4.99 Å². The Morgan fingerprint density at radius 1 is 1.19 bits per heavy atom. The van der Waals surface area contributed by atoms with Gasteiger partial charge < -0.3 is 10.6 Å². The molecule has 0 bridgehead atoms. The first-order valence-corrected chi connectivity index (χ1v) is 7.89. The van der Waals surface area contributed by atoms with Crippen LogP contribution in [0.3, 0.4) is 0 Å². The van der Waals surface area contributed by atoms with Crippen molar-refractivity contribution in [1.29, 1.82) is 0 Å². The van der Waals surface area contributed by atoms with Crippen LogP contribution in [0.25, 0.3) is 0 Å². The molecule has 0 aromatic carbocycles. The molecule has 21 heavy (non-hydrogen) atoms. The zero-order valence-electron chi connectivity index (χ0n) is 13.7. The van der Waals surface area contributed by atoms with Crippen LogP contribution in [0, 0.1) is 13.8 Å². The van der Waals surface area contributed by atoms with Gasteiger partial charge in [-0.3, -0.25) is 9.88 Å². The van der Waals surface area contributed by atoms with Gasteiger partial charge in [-0.15, -0.1) is 0 Å². The molecule has 116 valence electrons. The highest BCUT2D eigenvalue weighted by Crippen LogP contribution is 2.26. The van der Waals surface area contributed by atoms with Crippen molar-refractivity contribution in [3.8, 4) is 0 Å². The molecule has 0 amide bonds. The molecule has 2 heterocycles. The number of nitrogens with zero attached hydrogens (tertiary/aromatic N) is 3. The van der Waals surface area contributed by atoms with Crippen LogP contribution < -0.4 is 10.6 Å². The molecule has 0 spiro atoms. The lowest BCUT2D eigenvalue weighted by atomic mass is 10.0. The van der Waals surface area contributed by atoms with E-state index in [0.717, 1.165) is 48.8 Å². The Bertz CT molecular complexity index is 540. The van der Waals surface area contributed by atoms with Gasteiger partial charge in [0.15, 0.2) is 0 Å². The van der Waals surface area contributed by atoms with Gasteiger partial charge >= 0.3 is 0 Å². The third-order valence-electron chi connectivity index (χ3n) is 4.12. The number of pyridine rings is 1. The minimum Gasteiger partial charge on any atom is -0.389 e. The Kier molecular flexibility index (Phi) is 4.54. The zero-order chi connectivity index (χ0) is 15.8. The van der Waals surface area contributed by atoms with Gasteiger partial charge in [0.2, 0.25) is 0 Å². The van der Waals surface area contributed by atoms with Gasteiger partial charge in [0, 0.05) is 43.1 Å². The van der Waals surface area contributed by atoms with Gasteiger partial charge in [-0.2, -0.15) is 0 Å². The van der Waals surface area contributed by atoms with Crippen molar-refractivity contribution in [3.63, 3.8) is 0 Å². The Morgan fingerprint density at radius 2 is 1.76 bits per heavy atom. The van der Waals surface area contributed by atoms with E-state index in [2.05, 4.69) is 41.6 Å². The Morgan fingerprint density at radius 3 is 2.24 bits per heavy atom. The van der Waals surface area contributed by atoms with Crippen LogP contribution in [-0.4, -0.2) is 46.6 Å². The molecule has 2 rings (SSSR count). The lowest BCUT2D eigenvalue weighted by Gasteiger charge is -2.43. The van der Waals surface area contributed by atoms with E-state index in [-0.39, 0.29) is 5.54 Å². The number of thiocarbonyl (C=S) groups is 1. The first-order valence-electron chi connectivity index (χ1n) is 7.48. The maximum Gasteiger partial charge on any atom is 0.107 e. The molecule has 0 saturated carbocycles. The monoisotopic (exact) mass is 306 g/mol. The van der Waals surface area contributed by atoms with Crippen molar-refractivity contribution >= 4 is 22.9 Å². The standard InChI is InChI=1S/C16H26N4S/c1-11-10-13(14(15(17)21)12(2)18-11)19-6-8-20(9-7-19)16(3,4)5/h10H,6-9H2,1-5H3,(H2,17,21). The zero-order valence-corrected chi connectivity index (χ0v) is 14.5. The highest BCUT2D eigenvalue weighted by Gasteiger charge is 2.27. The fraction of sp³-hybridized carbons (Fsp3) is 0.625. The van der Waals surface area contributed by atoms with Gasteiger partial charge in [0.05, 0.1) is 11.3 Å². The van der Waals surface area contributed by atoms with Gasteiger partial charge in [0.1, 0.15) is 4.99 Å². The molecular formula is C16H26N4S. The summed E-state index contributed by atoms with van der Waals surface area (Å²) in [6, 6.07) is 2.11. The maximum atomic E-state index is 5.92. The number of aromatic nitrogens is 1. The fourth-order valence-corrected chi connectivity index (χ4v) is 3.23. The summed E-state index contributed by atoms with van der Waals surface area (Å²) in [6.45, 7) is 14.9. The molecule has 1 aliphatic heterocycles. The first kappa shape index (κ1) is 16.2. The van der Waals surface area contributed by atoms with Gasteiger partial charge in [-0.25, -0.2) is 0 Å². The van der Waals surface area contributed by atoms with Crippen LogP contribution in [0.4, 0.5) is 5.69 Å². The average Bonchev–Trinajstić information content (AvgIpc) is 2.36. The van der Waals surface area contributed by atoms with E-state index in [1.165, 1.54) is 0 Å². The fourth-order valence-electron chi connectivity index (χ4n) is 2.98. The van der Waals surface area contributed by atoms with Crippen molar-refractivity contribution in [2.24, 2.45) is 5.73 Å². The molecule has 0 atom stereocenters. The van der Waals surface area contributed by atoms with Crippen LogP contribution in [0.2, 0.25) is 0 Å². The van der Waals surface area contributed by atoms with E-state index in [9.17, 15) is 0 Å². The molecule has 1 aliphatic rings. The van der Waals surface area contributed by atoms with Crippen molar-refractivity contribution < 1.29 is 0 Å². The van der Waals surface area contributed by atoms with Crippen molar-refractivity contribution in [2.75, 3.05) is 31.1 Å². The number of hydrogen-bond donors (Lipinski definition) is 1. The molecule has 2 N–H and O–H groups in total. The highest BCUT2D eigenvalue weighted by molar-refractivity contribution is 7.80. The average molecular weight is 306 g/mol. The topological polar surface area (TPSA) is 45.4 Å². The van der Waals surface area contributed by atoms with Gasteiger partial charge in [0.25, 0.3) is 0 Å². The summed E-state index contributed by atoms with van der Waals surface area (Å²) in [6.07, 6.45) is 0. The molecule has 1 saturated heterocycles. The van der Waals surface area contributed by atoms with Gasteiger partial charge in [-0.05, 0) is 40.7 Å². The predicted molar refractivity (Wildman–Crippen MR) is 93.1 cm³/mol.